The normalized spacial score (nSPS) is 10.9. The van der Waals surface area contributed by atoms with Crippen molar-refractivity contribution < 1.29 is 4.79 Å². The molecule has 1 aromatic heterocycles. The van der Waals surface area contributed by atoms with Crippen LogP contribution in [0.4, 0.5) is 5.69 Å². The maximum absolute atomic E-state index is 12.1. The molecule has 0 atom stereocenters. The molecule has 2 N–H and O–H groups in total. The first-order valence-corrected chi connectivity index (χ1v) is 7.77. The molecule has 0 saturated carbocycles. The molecule has 2 aromatic rings. The van der Waals surface area contributed by atoms with Gasteiger partial charge in [0, 0.05) is 29.0 Å². The topological polar surface area (TPSA) is 46.1 Å². The van der Waals surface area contributed by atoms with Gasteiger partial charge in [0.2, 0.25) is 5.91 Å². The second-order valence-electron chi connectivity index (χ2n) is 5.19. The molecule has 5 heteroatoms. The van der Waals surface area contributed by atoms with E-state index in [4.69, 9.17) is 0 Å². The first-order chi connectivity index (χ1) is 10.1. The summed E-state index contributed by atoms with van der Waals surface area (Å²) in [5, 5.41) is 6.27. The first kappa shape index (κ1) is 15.8. The van der Waals surface area contributed by atoms with Crippen molar-refractivity contribution in [3.05, 3.63) is 52.8 Å². The number of hydrogen-bond donors (Lipinski definition) is 2. The minimum Gasteiger partial charge on any atom is -0.341 e. The van der Waals surface area contributed by atoms with Crippen LogP contribution < -0.4 is 10.6 Å². The average molecular weight is 350 g/mol. The lowest BCUT2D eigenvalue weighted by atomic mass is 10.3. The third kappa shape index (κ3) is 4.72. The molecule has 0 unspecified atom stereocenters. The number of hydrogen-bond acceptors (Lipinski definition) is 2. The van der Waals surface area contributed by atoms with E-state index in [9.17, 15) is 4.79 Å². The number of amides is 1. The third-order valence-electron chi connectivity index (χ3n) is 3.08. The Morgan fingerprint density at radius 2 is 2.00 bits per heavy atom. The standard InChI is InChI=1S/C16H20BrN3O/c1-12(2)18-10-13-6-5-9-20(13)11-16(21)19-15-8-4-3-7-14(15)17/h3-9,12,18H,10-11H2,1-2H3,(H,19,21). The second kappa shape index (κ2) is 7.43. The number of nitrogens with one attached hydrogen (secondary N) is 2. The number of carbonyl (C=O) groups excluding carboxylic acids is 1. The zero-order chi connectivity index (χ0) is 15.2. The summed E-state index contributed by atoms with van der Waals surface area (Å²) < 4.78 is 2.84. The van der Waals surface area contributed by atoms with Crippen molar-refractivity contribution in [1.29, 1.82) is 0 Å². The Kier molecular flexibility index (Phi) is 5.59. The fourth-order valence-corrected chi connectivity index (χ4v) is 2.36. The molecular weight excluding hydrogens is 330 g/mol. The van der Waals surface area contributed by atoms with Crippen LogP contribution in [-0.4, -0.2) is 16.5 Å². The Balaban J connectivity index is 1.97. The van der Waals surface area contributed by atoms with Gasteiger partial charge in [-0.25, -0.2) is 0 Å². The van der Waals surface area contributed by atoms with Crippen LogP contribution in [0, 0.1) is 0 Å². The van der Waals surface area contributed by atoms with E-state index < -0.39 is 0 Å². The van der Waals surface area contributed by atoms with Crippen molar-refractivity contribution in [2.75, 3.05) is 5.32 Å². The van der Waals surface area contributed by atoms with Crippen molar-refractivity contribution >= 4 is 27.5 Å². The monoisotopic (exact) mass is 349 g/mol. The molecule has 0 bridgehead atoms. The van der Waals surface area contributed by atoms with Gasteiger partial charge in [0.05, 0.1) is 5.69 Å². The number of halogens is 1. The zero-order valence-electron chi connectivity index (χ0n) is 12.3. The van der Waals surface area contributed by atoms with Crippen molar-refractivity contribution in [3.63, 3.8) is 0 Å². The van der Waals surface area contributed by atoms with Crippen molar-refractivity contribution in [1.82, 2.24) is 9.88 Å². The fraction of sp³-hybridized carbons (Fsp3) is 0.312. The number of carbonyl (C=O) groups is 1. The van der Waals surface area contributed by atoms with E-state index >= 15 is 0 Å². The summed E-state index contributed by atoms with van der Waals surface area (Å²) in [5.74, 6) is -0.0381. The SMILES string of the molecule is CC(C)NCc1cccn1CC(=O)Nc1ccccc1Br. The van der Waals surface area contributed by atoms with Crippen LogP contribution in [-0.2, 0) is 17.9 Å². The summed E-state index contributed by atoms with van der Waals surface area (Å²) in [4.78, 5) is 12.1. The summed E-state index contributed by atoms with van der Waals surface area (Å²) in [5.41, 5.74) is 1.89. The number of rotatable bonds is 6. The molecule has 0 fully saturated rings. The van der Waals surface area contributed by atoms with Crippen molar-refractivity contribution in [3.8, 4) is 0 Å². The summed E-state index contributed by atoms with van der Waals surface area (Å²) in [7, 11) is 0. The van der Waals surface area contributed by atoms with Crippen LogP contribution in [0.2, 0.25) is 0 Å². The van der Waals surface area contributed by atoms with E-state index in [1.54, 1.807) is 0 Å². The number of para-hydroxylation sites is 1. The second-order valence-corrected chi connectivity index (χ2v) is 6.05. The van der Waals surface area contributed by atoms with Crippen LogP contribution in [0.5, 0.6) is 0 Å². The summed E-state index contributed by atoms with van der Waals surface area (Å²) in [6.07, 6.45) is 1.93. The van der Waals surface area contributed by atoms with Gasteiger partial charge in [-0.2, -0.15) is 0 Å². The largest absolute Gasteiger partial charge is 0.341 e. The lowest BCUT2D eigenvalue weighted by molar-refractivity contribution is -0.116. The van der Waals surface area contributed by atoms with Gasteiger partial charge >= 0.3 is 0 Å². The van der Waals surface area contributed by atoms with Gasteiger partial charge < -0.3 is 15.2 Å². The minimum atomic E-state index is -0.0381. The molecule has 1 amide bonds. The predicted molar refractivity (Wildman–Crippen MR) is 89.2 cm³/mol. The molecule has 0 aliphatic heterocycles. The van der Waals surface area contributed by atoms with Gasteiger partial charge in [-0.15, -0.1) is 0 Å². The quantitative estimate of drug-likeness (QED) is 0.839. The number of benzene rings is 1. The van der Waals surface area contributed by atoms with E-state index in [0.29, 0.717) is 12.6 Å². The maximum Gasteiger partial charge on any atom is 0.244 e. The molecule has 2 rings (SSSR count). The lowest BCUT2D eigenvalue weighted by Gasteiger charge is -2.12. The van der Waals surface area contributed by atoms with Crippen molar-refractivity contribution in [2.45, 2.75) is 33.0 Å². The molecule has 0 saturated heterocycles. The van der Waals surface area contributed by atoms with Crippen LogP contribution in [0.1, 0.15) is 19.5 Å². The minimum absolute atomic E-state index is 0.0381. The molecule has 1 aromatic carbocycles. The lowest BCUT2D eigenvalue weighted by Crippen LogP contribution is -2.25. The molecule has 112 valence electrons. The highest BCUT2D eigenvalue weighted by Crippen LogP contribution is 2.21. The Bertz CT molecular complexity index is 607. The Morgan fingerprint density at radius 1 is 1.24 bits per heavy atom. The van der Waals surface area contributed by atoms with Crippen LogP contribution in [0.15, 0.2) is 47.1 Å². The van der Waals surface area contributed by atoms with Gasteiger partial charge in [0.25, 0.3) is 0 Å². The highest BCUT2D eigenvalue weighted by molar-refractivity contribution is 9.10. The number of aromatic nitrogens is 1. The zero-order valence-corrected chi connectivity index (χ0v) is 13.9. The van der Waals surface area contributed by atoms with Gasteiger partial charge in [0.15, 0.2) is 0 Å². The van der Waals surface area contributed by atoms with E-state index in [1.165, 1.54) is 0 Å². The van der Waals surface area contributed by atoms with Crippen LogP contribution >= 0.6 is 15.9 Å². The molecule has 0 spiro atoms. The maximum atomic E-state index is 12.1. The third-order valence-corrected chi connectivity index (χ3v) is 3.77. The molecule has 0 radical (unpaired) electrons. The molecule has 21 heavy (non-hydrogen) atoms. The summed E-state index contributed by atoms with van der Waals surface area (Å²) >= 11 is 3.43. The van der Waals surface area contributed by atoms with Crippen molar-refractivity contribution in [2.24, 2.45) is 0 Å². The average Bonchev–Trinajstić information content (AvgIpc) is 2.86. The van der Waals surface area contributed by atoms with Crippen LogP contribution in [0.25, 0.3) is 0 Å². The number of nitrogens with zero attached hydrogens (tertiary/aromatic N) is 1. The molecule has 0 aliphatic carbocycles. The summed E-state index contributed by atoms with van der Waals surface area (Å²) in [6, 6.07) is 12.0. The van der Waals surface area contributed by atoms with Crippen LogP contribution in [0.3, 0.4) is 0 Å². The van der Waals surface area contributed by atoms with E-state index in [1.807, 2.05) is 47.2 Å². The fourth-order valence-electron chi connectivity index (χ4n) is 1.98. The highest BCUT2D eigenvalue weighted by atomic mass is 79.9. The molecular formula is C16H20BrN3O. The predicted octanol–water partition coefficient (Wildman–Crippen LogP) is 3.39. The van der Waals surface area contributed by atoms with Gasteiger partial charge in [0.1, 0.15) is 6.54 Å². The number of anilines is 1. The Labute approximate surface area is 133 Å². The Hall–Kier alpha value is -1.59. The van der Waals surface area contributed by atoms with Gasteiger partial charge in [-0.3, -0.25) is 4.79 Å². The summed E-state index contributed by atoms with van der Waals surface area (Å²) in [6.45, 7) is 5.27. The smallest absolute Gasteiger partial charge is 0.244 e. The molecule has 4 nitrogen and oxygen atoms in total. The van der Waals surface area contributed by atoms with E-state index in [2.05, 4.69) is 40.4 Å². The van der Waals surface area contributed by atoms with E-state index in [-0.39, 0.29) is 5.91 Å². The van der Waals surface area contributed by atoms with Gasteiger partial charge in [-0.05, 0) is 40.2 Å². The Morgan fingerprint density at radius 3 is 2.71 bits per heavy atom. The first-order valence-electron chi connectivity index (χ1n) is 6.98. The van der Waals surface area contributed by atoms with E-state index in [0.717, 1.165) is 22.4 Å². The van der Waals surface area contributed by atoms with Gasteiger partial charge in [-0.1, -0.05) is 26.0 Å². The highest BCUT2D eigenvalue weighted by Gasteiger charge is 2.08. The molecule has 1 heterocycles. The molecule has 0 aliphatic rings.